The summed E-state index contributed by atoms with van der Waals surface area (Å²) in [6, 6.07) is 14.0. The van der Waals surface area contributed by atoms with Gasteiger partial charge in [-0.1, -0.05) is 55.8 Å². The first-order chi connectivity index (χ1) is 12.5. The van der Waals surface area contributed by atoms with Crippen LogP contribution in [0.3, 0.4) is 0 Å². The lowest BCUT2D eigenvalue weighted by molar-refractivity contribution is 0.0465. The maximum absolute atomic E-state index is 12.6. The molecule has 3 rings (SSSR count). The summed E-state index contributed by atoms with van der Waals surface area (Å²) < 4.78 is 6.74. The van der Waals surface area contributed by atoms with E-state index in [1.54, 1.807) is 42.5 Å². The zero-order chi connectivity index (χ0) is 18.7. The van der Waals surface area contributed by atoms with Gasteiger partial charge in [-0.15, -0.1) is 0 Å². The van der Waals surface area contributed by atoms with Crippen LogP contribution in [0.25, 0.3) is 10.8 Å². The third kappa shape index (κ3) is 3.94. The van der Waals surface area contributed by atoms with Crippen LogP contribution in [0.1, 0.15) is 29.9 Å². The smallest absolute Gasteiger partial charge is 0.359 e. The van der Waals surface area contributed by atoms with E-state index in [-0.39, 0.29) is 23.8 Å². The molecule has 0 fully saturated rings. The number of carbonyl (C=O) groups excluding carboxylic acids is 1. The molecule has 0 unspecified atom stereocenters. The van der Waals surface area contributed by atoms with Crippen molar-refractivity contribution in [2.45, 2.75) is 27.0 Å². The second-order valence-electron chi connectivity index (χ2n) is 6.48. The fourth-order valence-electron chi connectivity index (χ4n) is 2.70. The summed E-state index contributed by atoms with van der Waals surface area (Å²) in [5.41, 5.74) is 0.717. The standard InChI is InChI=1S/C20H19ClN2O3/c1-13(2)11-23-19(24)17-9-4-3-8-16(17)18(22-23)20(25)26-12-14-6-5-7-15(21)10-14/h3-10,13H,11-12H2,1-2H3. The van der Waals surface area contributed by atoms with E-state index in [0.29, 0.717) is 22.3 Å². The lowest BCUT2D eigenvalue weighted by atomic mass is 10.1. The Bertz CT molecular complexity index is 1010. The van der Waals surface area contributed by atoms with Crippen molar-refractivity contribution >= 4 is 28.3 Å². The van der Waals surface area contributed by atoms with Crippen LogP contribution in [0.15, 0.2) is 53.3 Å². The zero-order valence-electron chi connectivity index (χ0n) is 14.6. The van der Waals surface area contributed by atoms with Crippen molar-refractivity contribution in [3.05, 3.63) is 75.2 Å². The topological polar surface area (TPSA) is 61.2 Å². The number of nitrogens with zero attached hydrogens (tertiary/aromatic N) is 2. The van der Waals surface area contributed by atoms with Gasteiger partial charge < -0.3 is 4.74 Å². The van der Waals surface area contributed by atoms with E-state index in [1.807, 2.05) is 19.9 Å². The quantitative estimate of drug-likeness (QED) is 0.635. The maximum atomic E-state index is 12.6. The molecular weight excluding hydrogens is 352 g/mol. The number of fused-ring (bicyclic) bond motifs is 1. The predicted octanol–water partition coefficient (Wildman–Crippen LogP) is 4.06. The summed E-state index contributed by atoms with van der Waals surface area (Å²) >= 11 is 5.95. The number of aromatic nitrogens is 2. The Kier molecular flexibility index (Phi) is 5.38. The van der Waals surface area contributed by atoms with Gasteiger partial charge in [-0.2, -0.15) is 5.10 Å². The molecule has 1 aromatic heterocycles. The second-order valence-corrected chi connectivity index (χ2v) is 6.92. The van der Waals surface area contributed by atoms with Crippen LogP contribution in [0.5, 0.6) is 0 Å². The van der Waals surface area contributed by atoms with E-state index < -0.39 is 5.97 Å². The van der Waals surface area contributed by atoms with E-state index >= 15 is 0 Å². The Labute approximate surface area is 156 Å². The highest BCUT2D eigenvalue weighted by molar-refractivity contribution is 6.30. The van der Waals surface area contributed by atoms with Crippen molar-refractivity contribution in [1.82, 2.24) is 9.78 Å². The van der Waals surface area contributed by atoms with Gasteiger partial charge in [0.15, 0.2) is 5.69 Å². The molecule has 134 valence electrons. The molecule has 0 amide bonds. The first kappa shape index (κ1) is 18.1. The van der Waals surface area contributed by atoms with Gasteiger partial charge in [0.05, 0.1) is 5.39 Å². The highest BCUT2D eigenvalue weighted by atomic mass is 35.5. The third-order valence-electron chi connectivity index (χ3n) is 3.86. The molecule has 3 aromatic rings. The number of hydrogen-bond acceptors (Lipinski definition) is 4. The average molecular weight is 371 g/mol. The van der Waals surface area contributed by atoms with Crippen LogP contribution < -0.4 is 5.56 Å². The van der Waals surface area contributed by atoms with Crippen LogP contribution >= 0.6 is 11.6 Å². The third-order valence-corrected chi connectivity index (χ3v) is 4.09. The van der Waals surface area contributed by atoms with E-state index in [2.05, 4.69) is 5.10 Å². The van der Waals surface area contributed by atoms with Crippen LogP contribution in [0, 0.1) is 5.92 Å². The summed E-state index contributed by atoms with van der Waals surface area (Å²) in [4.78, 5) is 25.2. The van der Waals surface area contributed by atoms with Gasteiger partial charge in [-0.05, 0) is 29.7 Å². The van der Waals surface area contributed by atoms with Gasteiger partial charge in [0, 0.05) is 17.0 Å². The Morgan fingerprint density at radius 1 is 1.15 bits per heavy atom. The Hall–Kier alpha value is -2.66. The van der Waals surface area contributed by atoms with E-state index in [1.165, 1.54) is 4.68 Å². The number of hydrogen-bond donors (Lipinski definition) is 0. The van der Waals surface area contributed by atoms with Crippen LogP contribution in [0.2, 0.25) is 5.02 Å². The molecule has 0 radical (unpaired) electrons. The molecule has 0 saturated carbocycles. The number of halogens is 1. The number of rotatable bonds is 5. The highest BCUT2D eigenvalue weighted by Gasteiger charge is 2.18. The average Bonchev–Trinajstić information content (AvgIpc) is 2.62. The number of ether oxygens (including phenoxy) is 1. The molecule has 2 aromatic carbocycles. The van der Waals surface area contributed by atoms with Crippen LogP contribution in [-0.2, 0) is 17.9 Å². The van der Waals surface area contributed by atoms with Gasteiger partial charge in [0.25, 0.3) is 5.56 Å². The molecule has 0 aliphatic rings. The SMILES string of the molecule is CC(C)Cn1nc(C(=O)OCc2cccc(Cl)c2)c2ccccc2c1=O. The monoisotopic (exact) mass is 370 g/mol. The summed E-state index contributed by atoms with van der Waals surface area (Å²) in [6.45, 7) is 4.48. The molecule has 0 spiro atoms. The Balaban J connectivity index is 1.96. The highest BCUT2D eigenvalue weighted by Crippen LogP contribution is 2.16. The molecule has 0 atom stereocenters. The lowest BCUT2D eigenvalue weighted by Crippen LogP contribution is -2.28. The molecule has 26 heavy (non-hydrogen) atoms. The van der Waals surface area contributed by atoms with Crippen LogP contribution in [-0.4, -0.2) is 15.7 Å². The van der Waals surface area contributed by atoms with Gasteiger partial charge in [-0.25, -0.2) is 9.48 Å². The summed E-state index contributed by atoms with van der Waals surface area (Å²) in [5, 5.41) is 5.80. The molecular formula is C20H19ClN2O3. The van der Waals surface area contributed by atoms with Crippen molar-refractivity contribution in [1.29, 1.82) is 0 Å². The molecule has 0 aliphatic heterocycles. The summed E-state index contributed by atoms with van der Waals surface area (Å²) in [6.07, 6.45) is 0. The minimum Gasteiger partial charge on any atom is -0.456 e. The molecule has 0 saturated heterocycles. The number of benzene rings is 2. The number of carbonyl (C=O) groups is 1. The number of esters is 1. The van der Waals surface area contributed by atoms with Crippen LogP contribution in [0.4, 0.5) is 0 Å². The first-order valence-corrected chi connectivity index (χ1v) is 8.75. The predicted molar refractivity (Wildman–Crippen MR) is 101 cm³/mol. The fourth-order valence-corrected chi connectivity index (χ4v) is 2.91. The Morgan fingerprint density at radius 3 is 2.58 bits per heavy atom. The van der Waals surface area contributed by atoms with Gasteiger partial charge in [-0.3, -0.25) is 4.79 Å². The lowest BCUT2D eigenvalue weighted by Gasteiger charge is -2.12. The van der Waals surface area contributed by atoms with Crippen molar-refractivity contribution in [2.24, 2.45) is 5.92 Å². The minimum atomic E-state index is -0.571. The van der Waals surface area contributed by atoms with Gasteiger partial charge >= 0.3 is 5.97 Å². The Morgan fingerprint density at radius 2 is 1.88 bits per heavy atom. The molecule has 0 aliphatic carbocycles. The maximum Gasteiger partial charge on any atom is 0.359 e. The normalized spacial score (nSPS) is 11.1. The van der Waals surface area contributed by atoms with E-state index in [0.717, 1.165) is 5.56 Å². The second kappa shape index (κ2) is 7.70. The van der Waals surface area contributed by atoms with E-state index in [9.17, 15) is 9.59 Å². The molecule has 1 heterocycles. The minimum absolute atomic E-state index is 0.0821. The van der Waals surface area contributed by atoms with Crippen molar-refractivity contribution in [3.8, 4) is 0 Å². The molecule has 5 nitrogen and oxygen atoms in total. The first-order valence-electron chi connectivity index (χ1n) is 8.37. The fraction of sp³-hybridized carbons (Fsp3) is 0.250. The van der Waals surface area contributed by atoms with Crippen molar-refractivity contribution in [3.63, 3.8) is 0 Å². The summed E-state index contributed by atoms with van der Waals surface area (Å²) in [7, 11) is 0. The van der Waals surface area contributed by atoms with Crippen molar-refractivity contribution in [2.75, 3.05) is 0 Å². The van der Waals surface area contributed by atoms with E-state index in [4.69, 9.17) is 16.3 Å². The largest absolute Gasteiger partial charge is 0.456 e. The van der Waals surface area contributed by atoms with Gasteiger partial charge in [0.1, 0.15) is 6.61 Å². The van der Waals surface area contributed by atoms with Gasteiger partial charge in [0.2, 0.25) is 0 Å². The molecule has 0 N–H and O–H groups in total. The zero-order valence-corrected chi connectivity index (χ0v) is 15.4. The molecule has 6 heteroatoms. The van der Waals surface area contributed by atoms with Crippen molar-refractivity contribution < 1.29 is 9.53 Å². The summed E-state index contributed by atoms with van der Waals surface area (Å²) in [5.74, 6) is -0.352. The molecule has 0 bridgehead atoms.